The van der Waals surface area contributed by atoms with Gasteiger partial charge in [-0.25, -0.2) is 9.59 Å². The molecule has 2 aliphatic rings. The average molecular weight is 478 g/mol. The Balaban J connectivity index is 1.45. The number of rotatable bonds is 5. The number of benzene rings is 2. The van der Waals surface area contributed by atoms with Crippen LogP contribution in [-0.2, 0) is 14.3 Å². The molecule has 2 aromatic carbocycles. The van der Waals surface area contributed by atoms with Gasteiger partial charge in [0.05, 0.1) is 6.54 Å². The summed E-state index contributed by atoms with van der Waals surface area (Å²) >= 11 is 0. The summed E-state index contributed by atoms with van der Waals surface area (Å²) in [5.74, 6) is -3.60. The van der Waals surface area contributed by atoms with Gasteiger partial charge in [-0.1, -0.05) is 48.5 Å². The Morgan fingerprint density at radius 2 is 1.65 bits per heavy atom. The molecule has 1 aliphatic carbocycles. The first-order valence-corrected chi connectivity index (χ1v) is 10.4. The number of amides is 2. The highest BCUT2D eigenvalue weighted by Crippen LogP contribution is 2.44. The van der Waals surface area contributed by atoms with Crippen LogP contribution in [0, 0.1) is 0 Å². The quantitative estimate of drug-likeness (QED) is 0.608. The van der Waals surface area contributed by atoms with Crippen molar-refractivity contribution in [3.63, 3.8) is 0 Å². The number of nitrogens with zero attached hydrogens (tertiary/aromatic N) is 1. The molecule has 4 rings (SSSR count). The van der Waals surface area contributed by atoms with Gasteiger partial charge in [-0.05, 0) is 22.3 Å². The Kier molecular flexibility index (Phi) is 5.98. The highest BCUT2D eigenvalue weighted by molar-refractivity contribution is 5.88. The SMILES string of the molecule is O=C(NC(C(=O)N1CCC(O)(C(=O)O)C1)C(F)(F)F)OCC1c2ccccc2-c2ccccc21. The standard InChI is InChI=1S/C23H21F3N2O6/c24-23(25,26)18(19(29)28-10-9-22(33,12-28)20(30)31)27-21(32)34-11-17-15-7-3-1-5-13(15)14-6-2-4-8-16(14)17/h1-8,17-18,33H,9-12H2,(H,27,32)(H,30,31). The first kappa shape index (κ1) is 23.6. The van der Waals surface area contributed by atoms with E-state index in [4.69, 9.17) is 9.84 Å². The minimum atomic E-state index is -5.16. The monoisotopic (exact) mass is 478 g/mol. The number of alkyl carbamates (subject to hydrolysis) is 1. The number of halogens is 3. The topological polar surface area (TPSA) is 116 Å². The fraction of sp³-hybridized carbons (Fsp3) is 0.348. The first-order chi connectivity index (χ1) is 16.0. The molecule has 0 bridgehead atoms. The molecular formula is C23H21F3N2O6. The molecule has 11 heteroatoms. The molecule has 0 saturated carbocycles. The molecule has 1 aliphatic heterocycles. The van der Waals surface area contributed by atoms with Crippen LogP contribution >= 0.6 is 0 Å². The van der Waals surface area contributed by atoms with E-state index in [1.807, 2.05) is 48.5 Å². The fourth-order valence-electron chi connectivity index (χ4n) is 4.38. The predicted molar refractivity (Wildman–Crippen MR) is 112 cm³/mol. The van der Waals surface area contributed by atoms with Crippen molar-refractivity contribution >= 4 is 18.0 Å². The van der Waals surface area contributed by atoms with Crippen LogP contribution in [0.2, 0.25) is 0 Å². The minimum Gasteiger partial charge on any atom is -0.479 e. The molecule has 2 unspecified atom stereocenters. The largest absolute Gasteiger partial charge is 0.479 e. The number of nitrogens with one attached hydrogen (secondary N) is 1. The Morgan fingerprint density at radius 3 is 2.15 bits per heavy atom. The summed E-state index contributed by atoms with van der Waals surface area (Å²) in [6.45, 7) is -1.47. The van der Waals surface area contributed by atoms with E-state index >= 15 is 0 Å². The Labute approximate surface area is 191 Å². The van der Waals surface area contributed by atoms with Crippen LogP contribution in [0.5, 0.6) is 0 Å². The van der Waals surface area contributed by atoms with E-state index in [1.165, 1.54) is 0 Å². The van der Waals surface area contributed by atoms with E-state index in [2.05, 4.69) is 0 Å². The number of carboxylic acids is 1. The highest BCUT2D eigenvalue weighted by Gasteiger charge is 2.52. The summed E-state index contributed by atoms with van der Waals surface area (Å²) < 4.78 is 45.8. The second-order valence-electron chi connectivity index (χ2n) is 8.29. The minimum absolute atomic E-state index is 0.249. The molecule has 34 heavy (non-hydrogen) atoms. The molecule has 2 amide bonds. The van der Waals surface area contributed by atoms with E-state index in [1.54, 1.807) is 5.32 Å². The van der Waals surface area contributed by atoms with Crippen molar-refractivity contribution in [2.45, 2.75) is 30.2 Å². The molecule has 180 valence electrons. The van der Waals surface area contributed by atoms with Crippen LogP contribution in [-0.4, -0.2) is 70.6 Å². The number of carbonyl (C=O) groups is 3. The molecule has 0 radical (unpaired) electrons. The van der Waals surface area contributed by atoms with Gasteiger partial charge in [0, 0.05) is 18.9 Å². The second kappa shape index (κ2) is 8.64. The number of aliphatic carboxylic acids is 1. The van der Waals surface area contributed by atoms with Gasteiger partial charge in [0.2, 0.25) is 6.04 Å². The van der Waals surface area contributed by atoms with Gasteiger partial charge in [0.25, 0.3) is 5.91 Å². The van der Waals surface area contributed by atoms with Crippen molar-refractivity contribution in [1.29, 1.82) is 0 Å². The molecule has 1 saturated heterocycles. The highest BCUT2D eigenvalue weighted by atomic mass is 19.4. The van der Waals surface area contributed by atoms with Crippen LogP contribution < -0.4 is 5.32 Å². The molecule has 0 spiro atoms. The van der Waals surface area contributed by atoms with Crippen molar-refractivity contribution in [3.8, 4) is 11.1 Å². The van der Waals surface area contributed by atoms with Gasteiger partial charge >= 0.3 is 18.2 Å². The van der Waals surface area contributed by atoms with Crippen molar-refractivity contribution in [3.05, 3.63) is 59.7 Å². The maximum absolute atomic E-state index is 13.6. The molecule has 1 heterocycles. The molecule has 0 aromatic heterocycles. The zero-order chi connectivity index (χ0) is 24.7. The summed E-state index contributed by atoms with van der Waals surface area (Å²) in [6, 6.07) is 11.9. The number of carboxylic acid groups (broad SMARTS) is 1. The maximum atomic E-state index is 13.6. The zero-order valence-corrected chi connectivity index (χ0v) is 17.7. The van der Waals surface area contributed by atoms with E-state index in [0.717, 1.165) is 22.3 Å². The third-order valence-electron chi connectivity index (χ3n) is 6.14. The number of hydrogen-bond donors (Lipinski definition) is 3. The number of carbonyl (C=O) groups excluding carboxylic acids is 2. The molecule has 1 fully saturated rings. The number of β-amino-alcohol motifs (C(OH)–C–C–N with tert-alkyl or cyclic N) is 1. The fourth-order valence-corrected chi connectivity index (χ4v) is 4.38. The molecule has 2 aromatic rings. The lowest BCUT2D eigenvalue weighted by Gasteiger charge is -2.26. The van der Waals surface area contributed by atoms with Crippen molar-refractivity contribution in [2.24, 2.45) is 0 Å². The number of likely N-dealkylation sites (tertiary alicyclic amines) is 1. The molecule has 8 nitrogen and oxygen atoms in total. The van der Waals surface area contributed by atoms with Crippen molar-refractivity contribution < 1.29 is 42.5 Å². The maximum Gasteiger partial charge on any atom is 0.417 e. The number of aliphatic hydroxyl groups is 1. The van der Waals surface area contributed by atoms with Crippen LogP contribution in [0.1, 0.15) is 23.5 Å². The Bertz CT molecular complexity index is 1090. The van der Waals surface area contributed by atoms with Crippen molar-refractivity contribution in [1.82, 2.24) is 10.2 Å². The summed E-state index contributed by atoms with van der Waals surface area (Å²) in [5, 5.41) is 20.5. The number of ether oxygens (including phenoxy) is 1. The summed E-state index contributed by atoms with van der Waals surface area (Å²) in [4.78, 5) is 36.4. The number of fused-ring (bicyclic) bond motifs is 3. The van der Waals surface area contributed by atoms with Crippen LogP contribution in [0.15, 0.2) is 48.5 Å². The predicted octanol–water partition coefficient (Wildman–Crippen LogP) is 2.50. The van der Waals surface area contributed by atoms with Gasteiger partial charge in [-0.15, -0.1) is 0 Å². The second-order valence-corrected chi connectivity index (χ2v) is 8.29. The van der Waals surface area contributed by atoms with Gasteiger partial charge in [0.1, 0.15) is 6.61 Å². The number of alkyl halides is 3. The van der Waals surface area contributed by atoms with Crippen molar-refractivity contribution in [2.75, 3.05) is 19.7 Å². The summed E-state index contributed by atoms with van der Waals surface area (Å²) in [5.41, 5.74) is 1.27. The van der Waals surface area contributed by atoms with E-state index in [9.17, 15) is 32.7 Å². The van der Waals surface area contributed by atoms with E-state index < -0.39 is 55.3 Å². The lowest BCUT2D eigenvalue weighted by molar-refractivity contribution is -0.174. The van der Waals surface area contributed by atoms with Crippen LogP contribution in [0.3, 0.4) is 0 Å². The van der Waals surface area contributed by atoms with Gasteiger partial charge in [0.15, 0.2) is 5.60 Å². The van der Waals surface area contributed by atoms with Crippen LogP contribution in [0.25, 0.3) is 11.1 Å². The number of hydrogen-bond acceptors (Lipinski definition) is 5. The Morgan fingerprint density at radius 1 is 1.09 bits per heavy atom. The smallest absolute Gasteiger partial charge is 0.417 e. The third kappa shape index (κ3) is 4.30. The lowest BCUT2D eigenvalue weighted by atomic mass is 9.98. The molecule has 2 atom stereocenters. The first-order valence-electron chi connectivity index (χ1n) is 10.4. The average Bonchev–Trinajstić information content (AvgIpc) is 3.34. The van der Waals surface area contributed by atoms with Gasteiger partial charge in [-0.2, -0.15) is 13.2 Å². The van der Waals surface area contributed by atoms with E-state index in [-0.39, 0.29) is 12.5 Å². The summed E-state index contributed by atoms with van der Waals surface area (Å²) in [6.07, 6.45) is -7.03. The third-order valence-corrected chi connectivity index (χ3v) is 6.14. The molecule has 3 N–H and O–H groups in total. The zero-order valence-electron chi connectivity index (χ0n) is 17.7. The van der Waals surface area contributed by atoms with Gasteiger partial charge in [-0.3, -0.25) is 4.79 Å². The summed E-state index contributed by atoms with van der Waals surface area (Å²) in [7, 11) is 0. The van der Waals surface area contributed by atoms with Gasteiger partial charge < -0.3 is 25.2 Å². The molecular weight excluding hydrogens is 457 g/mol. The van der Waals surface area contributed by atoms with E-state index in [0.29, 0.717) is 4.90 Å². The lowest BCUT2D eigenvalue weighted by Crippen LogP contribution is -2.56. The Hall–Kier alpha value is -3.60. The van der Waals surface area contributed by atoms with Crippen LogP contribution in [0.4, 0.5) is 18.0 Å². The normalized spacial score (nSPS) is 20.4.